The van der Waals surface area contributed by atoms with E-state index in [-0.39, 0.29) is 18.2 Å². The Labute approximate surface area is 167 Å². The third-order valence-corrected chi connectivity index (χ3v) is 5.16. The summed E-state index contributed by atoms with van der Waals surface area (Å²) in [4.78, 5) is 25.2. The zero-order chi connectivity index (χ0) is 19.8. The molecule has 1 unspecified atom stereocenters. The molecule has 2 amide bonds. The molecule has 0 radical (unpaired) electrons. The number of hydrogen-bond acceptors (Lipinski definition) is 3. The van der Waals surface area contributed by atoms with Crippen molar-refractivity contribution in [3.05, 3.63) is 79.0 Å². The van der Waals surface area contributed by atoms with E-state index < -0.39 is 6.04 Å². The second-order valence-electron chi connectivity index (χ2n) is 7.00. The average molecular weight is 382 g/mol. The van der Waals surface area contributed by atoms with Crippen LogP contribution >= 0.6 is 0 Å². The van der Waals surface area contributed by atoms with E-state index in [4.69, 9.17) is 0 Å². The third-order valence-electron chi connectivity index (χ3n) is 5.16. The normalized spacial score (nSPS) is 15.2. The number of rotatable bonds is 4. The Bertz CT molecular complexity index is 1220. The number of hydrogen-bond donors (Lipinski definition) is 2. The van der Waals surface area contributed by atoms with Crippen LogP contribution in [0.3, 0.4) is 0 Å². The zero-order valence-electron chi connectivity index (χ0n) is 15.5. The summed E-state index contributed by atoms with van der Waals surface area (Å²) in [7, 11) is 0. The maximum atomic E-state index is 12.7. The Morgan fingerprint density at radius 1 is 1.00 bits per heavy atom. The molecule has 5 rings (SSSR count). The van der Waals surface area contributed by atoms with Crippen LogP contribution in [-0.2, 0) is 9.59 Å². The maximum Gasteiger partial charge on any atom is 0.251 e. The summed E-state index contributed by atoms with van der Waals surface area (Å²) in [5.74, 6) is 0.175. The lowest BCUT2D eigenvalue weighted by Gasteiger charge is -2.11. The van der Waals surface area contributed by atoms with Gasteiger partial charge in [0.2, 0.25) is 5.91 Å². The molecular weight excluding hydrogens is 364 g/mol. The second kappa shape index (κ2) is 6.91. The molecule has 1 atom stereocenters. The molecule has 29 heavy (non-hydrogen) atoms. The standard InChI is InChI=1S/C23H18N4O2/c28-21(25-19-12-6-10-15-9-4-5-11-17(15)19)13-20-23(29)26-22-18(14-24-27(20)22)16-7-2-1-3-8-16/h1-12,14,20H,13H2,(H,25,28)(H,26,29). The Balaban J connectivity index is 1.38. The first kappa shape index (κ1) is 17.2. The van der Waals surface area contributed by atoms with Gasteiger partial charge in [-0.05, 0) is 17.0 Å². The van der Waals surface area contributed by atoms with E-state index in [0.29, 0.717) is 5.82 Å². The average Bonchev–Trinajstić information content (AvgIpc) is 3.28. The first-order chi connectivity index (χ1) is 14.2. The van der Waals surface area contributed by atoms with E-state index in [0.717, 1.165) is 27.6 Å². The van der Waals surface area contributed by atoms with Crippen LogP contribution in [0.2, 0.25) is 0 Å². The molecule has 142 valence electrons. The van der Waals surface area contributed by atoms with Crippen LogP contribution in [0.4, 0.5) is 11.5 Å². The van der Waals surface area contributed by atoms with Crippen LogP contribution in [-0.4, -0.2) is 21.6 Å². The minimum Gasteiger partial charge on any atom is -0.325 e. The number of amides is 2. The van der Waals surface area contributed by atoms with E-state index in [1.807, 2.05) is 72.8 Å². The van der Waals surface area contributed by atoms with Crippen molar-refractivity contribution in [3.8, 4) is 11.1 Å². The number of nitrogens with one attached hydrogen (secondary N) is 2. The van der Waals surface area contributed by atoms with Gasteiger partial charge in [0, 0.05) is 16.6 Å². The van der Waals surface area contributed by atoms with Gasteiger partial charge in [0.05, 0.1) is 12.6 Å². The van der Waals surface area contributed by atoms with Crippen molar-refractivity contribution in [1.82, 2.24) is 9.78 Å². The van der Waals surface area contributed by atoms with Crippen LogP contribution in [0.5, 0.6) is 0 Å². The SMILES string of the molecule is O=C(CC1C(=O)Nc2c(-c3ccccc3)cnn21)Nc1cccc2ccccc12. The highest BCUT2D eigenvalue weighted by molar-refractivity contribution is 6.06. The molecule has 0 aliphatic carbocycles. The Morgan fingerprint density at radius 2 is 1.76 bits per heavy atom. The fraction of sp³-hybridized carbons (Fsp3) is 0.0870. The van der Waals surface area contributed by atoms with E-state index in [9.17, 15) is 9.59 Å². The molecule has 1 aromatic heterocycles. The molecule has 3 aromatic carbocycles. The lowest BCUT2D eigenvalue weighted by Crippen LogP contribution is -2.23. The predicted octanol–water partition coefficient (Wildman–Crippen LogP) is 4.23. The third kappa shape index (κ3) is 3.04. The van der Waals surface area contributed by atoms with Crippen molar-refractivity contribution < 1.29 is 9.59 Å². The van der Waals surface area contributed by atoms with Crippen molar-refractivity contribution in [2.75, 3.05) is 10.6 Å². The van der Waals surface area contributed by atoms with Gasteiger partial charge in [-0.15, -0.1) is 0 Å². The van der Waals surface area contributed by atoms with E-state index >= 15 is 0 Å². The summed E-state index contributed by atoms with van der Waals surface area (Å²) in [6.07, 6.45) is 1.73. The molecule has 0 saturated carbocycles. The van der Waals surface area contributed by atoms with Gasteiger partial charge in [0.1, 0.15) is 11.9 Å². The van der Waals surface area contributed by atoms with Crippen molar-refractivity contribution in [1.29, 1.82) is 0 Å². The molecule has 0 spiro atoms. The summed E-state index contributed by atoms with van der Waals surface area (Å²) in [5, 5.41) is 12.2. The first-order valence-corrected chi connectivity index (χ1v) is 9.42. The van der Waals surface area contributed by atoms with Crippen LogP contribution < -0.4 is 10.6 Å². The quantitative estimate of drug-likeness (QED) is 0.555. The molecule has 1 aliphatic rings. The summed E-state index contributed by atoms with van der Waals surface area (Å²) in [5.41, 5.74) is 2.54. The fourth-order valence-corrected chi connectivity index (χ4v) is 3.75. The molecule has 2 N–H and O–H groups in total. The molecule has 0 saturated heterocycles. The van der Waals surface area contributed by atoms with E-state index in [1.165, 1.54) is 0 Å². The number of carbonyl (C=O) groups is 2. The van der Waals surface area contributed by atoms with Crippen molar-refractivity contribution in [2.45, 2.75) is 12.5 Å². The summed E-state index contributed by atoms with van der Waals surface area (Å²) in [6.45, 7) is 0. The molecule has 6 nitrogen and oxygen atoms in total. The molecule has 6 heteroatoms. The minimum atomic E-state index is -0.669. The largest absolute Gasteiger partial charge is 0.325 e. The topological polar surface area (TPSA) is 76.0 Å². The highest BCUT2D eigenvalue weighted by atomic mass is 16.2. The molecule has 4 aromatic rings. The number of fused-ring (bicyclic) bond motifs is 2. The van der Waals surface area contributed by atoms with Crippen LogP contribution in [0.1, 0.15) is 12.5 Å². The number of benzene rings is 3. The van der Waals surface area contributed by atoms with Gasteiger partial charge in [-0.2, -0.15) is 5.10 Å². The van der Waals surface area contributed by atoms with E-state index in [2.05, 4.69) is 15.7 Å². The van der Waals surface area contributed by atoms with Gasteiger partial charge >= 0.3 is 0 Å². The molecule has 0 bridgehead atoms. The number of anilines is 2. The monoisotopic (exact) mass is 382 g/mol. The summed E-state index contributed by atoms with van der Waals surface area (Å²) < 4.78 is 1.60. The Kier molecular flexibility index (Phi) is 4.09. The summed E-state index contributed by atoms with van der Waals surface area (Å²) in [6, 6.07) is 22.7. The highest BCUT2D eigenvalue weighted by Crippen LogP contribution is 2.35. The molecule has 1 aliphatic heterocycles. The van der Waals surface area contributed by atoms with Gasteiger partial charge in [-0.3, -0.25) is 9.59 Å². The Morgan fingerprint density at radius 3 is 2.62 bits per heavy atom. The first-order valence-electron chi connectivity index (χ1n) is 9.42. The van der Waals surface area contributed by atoms with E-state index in [1.54, 1.807) is 10.9 Å². The zero-order valence-corrected chi connectivity index (χ0v) is 15.5. The number of nitrogens with zero attached hydrogens (tertiary/aromatic N) is 2. The molecule has 2 heterocycles. The van der Waals surface area contributed by atoms with Gasteiger partial charge < -0.3 is 10.6 Å². The Hall–Kier alpha value is -3.93. The molecular formula is C23H18N4O2. The summed E-state index contributed by atoms with van der Waals surface area (Å²) >= 11 is 0. The lowest BCUT2D eigenvalue weighted by molar-refractivity contribution is -0.123. The fourth-order valence-electron chi connectivity index (χ4n) is 3.75. The van der Waals surface area contributed by atoms with Gasteiger partial charge in [-0.1, -0.05) is 66.7 Å². The van der Waals surface area contributed by atoms with Gasteiger partial charge in [0.25, 0.3) is 5.91 Å². The van der Waals surface area contributed by atoms with Gasteiger partial charge in [0.15, 0.2) is 0 Å². The second-order valence-corrected chi connectivity index (χ2v) is 7.00. The highest BCUT2D eigenvalue weighted by Gasteiger charge is 2.35. The number of aromatic nitrogens is 2. The maximum absolute atomic E-state index is 12.7. The van der Waals surface area contributed by atoms with Crippen LogP contribution in [0, 0.1) is 0 Å². The van der Waals surface area contributed by atoms with Crippen molar-refractivity contribution >= 4 is 34.1 Å². The van der Waals surface area contributed by atoms with Crippen LogP contribution in [0.15, 0.2) is 79.0 Å². The van der Waals surface area contributed by atoms with Crippen LogP contribution in [0.25, 0.3) is 21.9 Å². The predicted molar refractivity (Wildman–Crippen MR) is 113 cm³/mol. The van der Waals surface area contributed by atoms with Crippen molar-refractivity contribution in [2.24, 2.45) is 0 Å². The lowest BCUT2D eigenvalue weighted by atomic mass is 10.1. The number of carbonyl (C=O) groups excluding carboxylic acids is 2. The minimum absolute atomic E-state index is 0.0119. The smallest absolute Gasteiger partial charge is 0.251 e. The van der Waals surface area contributed by atoms with Crippen molar-refractivity contribution in [3.63, 3.8) is 0 Å². The molecule has 0 fully saturated rings. The van der Waals surface area contributed by atoms with Gasteiger partial charge in [-0.25, -0.2) is 4.68 Å².